The van der Waals surface area contributed by atoms with E-state index in [4.69, 9.17) is 0 Å². The molecule has 0 aliphatic carbocycles. The number of hydrogen-bond donors (Lipinski definition) is 0. The van der Waals surface area contributed by atoms with Gasteiger partial charge in [0.1, 0.15) is 5.75 Å². The molecule has 1 aliphatic rings. The maximum Gasteiger partial charge on any atom is 0.387 e. The summed E-state index contributed by atoms with van der Waals surface area (Å²) in [4.78, 5) is 24.2. The fraction of sp³-hybridized carbons (Fsp3) is 0.0625. The summed E-state index contributed by atoms with van der Waals surface area (Å²) < 4.78 is 28.3. The van der Waals surface area contributed by atoms with E-state index in [0.717, 1.165) is 5.01 Å². The van der Waals surface area contributed by atoms with Crippen LogP contribution in [0.4, 0.5) is 8.78 Å². The molecule has 7 heteroatoms. The third-order valence-corrected chi connectivity index (χ3v) is 3.20. The molecule has 23 heavy (non-hydrogen) atoms. The lowest BCUT2D eigenvalue weighted by atomic mass is 10.1. The molecule has 0 aromatic heterocycles. The highest BCUT2D eigenvalue weighted by molar-refractivity contribution is 6.21. The Morgan fingerprint density at radius 1 is 0.957 bits per heavy atom. The molecule has 2 amide bonds. The summed E-state index contributed by atoms with van der Waals surface area (Å²) in [5, 5.41) is 4.65. The second kappa shape index (κ2) is 5.96. The Morgan fingerprint density at radius 2 is 1.52 bits per heavy atom. The standard InChI is InChI=1S/C16H10F2N2O3/c17-16(18)23-11-7-5-10(6-8-11)9-19-20-14(21)12-3-1-2-4-13(12)15(20)22/h1-9,16H/b19-9-. The van der Waals surface area contributed by atoms with E-state index < -0.39 is 18.4 Å². The molecule has 0 N–H and O–H groups in total. The Hall–Kier alpha value is -3.09. The van der Waals surface area contributed by atoms with Crippen LogP contribution in [0.3, 0.4) is 0 Å². The van der Waals surface area contributed by atoms with E-state index in [0.29, 0.717) is 16.7 Å². The maximum atomic E-state index is 12.1. The number of amides is 2. The van der Waals surface area contributed by atoms with Crippen LogP contribution in [0.5, 0.6) is 5.75 Å². The van der Waals surface area contributed by atoms with Crippen molar-refractivity contribution in [1.29, 1.82) is 0 Å². The first-order valence-electron chi connectivity index (χ1n) is 6.63. The van der Waals surface area contributed by atoms with E-state index >= 15 is 0 Å². The van der Waals surface area contributed by atoms with Gasteiger partial charge in [-0.05, 0) is 42.0 Å². The van der Waals surface area contributed by atoms with Gasteiger partial charge in [0, 0.05) is 0 Å². The fourth-order valence-electron chi connectivity index (χ4n) is 2.14. The lowest BCUT2D eigenvalue weighted by molar-refractivity contribution is -0.0498. The lowest BCUT2D eigenvalue weighted by Gasteiger charge is -2.06. The molecule has 1 heterocycles. The van der Waals surface area contributed by atoms with Crippen LogP contribution in [0.2, 0.25) is 0 Å². The van der Waals surface area contributed by atoms with Gasteiger partial charge >= 0.3 is 6.61 Å². The molecule has 0 fully saturated rings. The highest BCUT2D eigenvalue weighted by Crippen LogP contribution is 2.22. The molecule has 116 valence electrons. The van der Waals surface area contributed by atoms with Crippen LogP contribution in [0, 0.1) is 0 Å². The third kappa shape index (κ3) is 2.94. The van der Waals surface area contributed by atoms with Crippen LogP contribution in [0.15, 0.2) is 53.6 Å². The zero-order valence-electron chi connectivity index (χ0n) is 11.6. The van der Waals surface area contributed by atoms with E-state index in [1.165, 1.54) is 30.5 Å². The van der Waals surface area contributed by atoms with Crippen molar-refractivity contribution in [3.8, 4) is 5.75 Å². The van der Waals surface area contributed by atoms with E-state index in [2.05, 4.69) is 9.84 Å². The first kappa shape index (κ1) is 14.8. The van der Waals surface area contributed by atoms with E-state index in [1.54, 1.807) is 24.3 Å². The summed E-state index contributed by atoms with van der Waals surface area (Å²) in [6, 6.07) is 12.1. The van der Waals surface area contributed by atoms with Crippen LogP contribution in [-0.4, -0.2) is 29.6 Å². The predicted octanol–water partition coefficient (Wildman–Crippen LogP) is 2.92. The summed E-state index contributed by atoms with van der Waals surface area (Å²) in [5.74, 6) is -0.989. The molecule has 3 rings (SSSR count). The number of hydrogen-bond acceptors (Lipinski definition) is 4. The Kier molecular flexibility index (Phi) is 3.84. The second-order valence-corrected chi connectivity index (χ2v) is 4.66. The number of imide groups is 1. The number of ether oxygens (including phenoxy) is 1. The SMILES string of the molecule is O=C1c2ccccc2C(=O)N1/N=C\c1ccc(OC(F)F)cc1. The van der Waals surface area contributed by atoms with Crippen molar-refractivity contribution < 1.29 is 23.1 Å². The molecule has 0 atom stereocenters. The molecule has 2 aromatic carbocycles. The summed E-state index contributed by atoms with van der Waals surface area (Å²) in [6.07, 6.45) is 1.30. The van der Waals surface area contributed by atoms with Gasteiger partial charge in [-0.3, -0.25) is 9.59 Å². The van der Waals surface area contributed by atoms with Crippen molar-refractivity contribution in [3.63, 3.8) is 0 Å². The van der Waals surface area contributed by atoms with E-state index in [9.17, 15) is 18.4 Å². The zero-order chi connectivity index (χ0) is 16.4. The number of halogens is 2. The van der Waals surface area contributed by atoms with E-state index in [-0.39, 0.29) is 5.75 Å². The van der Waals surface area contributed by atoms with Crippen LogP contribution in [0.25, 0.3) is 0 Å². The minimum atomic E-state index is -2.90. The van der Waals surface area contributed by atoms with Gasteiger partial charge in [-0.1, -0.05) is 12.1 Å². The molecule has 0 radical (unpaired) electrons. The minimum absolute atomic E-state index is 0.0119. The Balaban J connectivity index is 1.76. The number of carbonyl (C=O) groups excluding carboxylic acids is 2. The van der Waals surface area contributed by atoms with Crippen LogP contribution in [0.1, 0.15) is 26.3 Å². The number of fused-ring (bicyclic) bond motifs is 1. The lowest BCUT2D eigenvalue weighted by Crippen LogP contribution is -2.23. The van der Waals surface area contributed by atoms with Gasteiger partial charge < -0.3 is 4.74 Å². The molecule has 0 saturated heterocycles. The second-order valence-electron chi connectivity index (χ2n) is 4.66. The van der Waals surface area contributed by atoms with Crippen molar-refractivity contribution in [2.24, 2.45) is 5.10 Å². The molecule has 0 unspecified atom stereocenters. The normalized spacial score (nSPS) is 14.0. The predicted molar refractivity (Wildman–Crippen MR) is 77.6 cm³/mol. The quantitative estimate of drug-likeness (QED) is 0.644. The fourth-order valence-corrected chi connectivity index (χ4v) is 2.14. The van der Waals surface area contributed by atoms with Gasteiger partial charge in [0.25, 0.3) is 11.8 Å². The van der Waals surface area contributed by atoms with Crippen molar-refractivity contribution in [2.45, 2.75) is 6.61 Å². The highest BCUT2D eigenvalue weighted by atomic mass is 19.3. The highest BCUT2D eigenvalue weighted by Gasteiger charge is 2.35. The molecule has 0 bridgehead atoms. The average Bonchev–Trinajstić information content (AvgIpc) is 2.78. The van der Waals surface area contributed by atoms with Gasteiger partial charge in [0.2, 0.25) is 0 Å². The van der Waals surface area contributed by atoms with Crippen molar-refractivity contribution in [1.82, 2.24) is 5.01 Å². The molecule has 2 aromatic rings. The molecular formula is C16H10F2N2O3. The summed E-state index contributed by atoms with van der Waals surface area (Å²) in [7, 11) is 0. The number of rotatable bonds is 4. The van der Waals surface area contributed by atoms with Gasteiger partial charge in [-0.2, -0.15) is 18.9 Å². The summed E-state index contributed by atoms with van der Waals surface area (Å²) in [6.45, 7) is -2.90. The van der Waals surface area contributed by atoms with Crippen LogP contribution < -0.4 is 4.74 Å². The third-order valence-electron chi connectivity index (χ3n) is 3.20. The molecule has 0 spiro atoms. The summed E-state index contributed by atoms with van der Waals surface area (Å²) in [5.41, 5.74) is 1.13. The van der Waals surface area contributed by atoms with Crippen molar-refractivity contribution in [2.75, 3.05) is 0 Å². The largest absolute Gasteiger partial charge is 0.435 e. The molecule has 0 saturated carbocycles. The van der Waals surface area contributed by atoms with Gasteiger partial charge in [0.05, 0.1) is 17.3 Å². The maximum absolute atomic E-state index is 12.1. The number of alkyl halides is 2. The first-order chi connectivity index (χ1) is 11.1. The van der Waals surface area contributed by atoms with Crippen LogP contribution in [-0.2, 0) is 0 Å². The molecular weight excluding hydrogens is 306 g/mol. The number of hydrazone groups is 1. The monoisotopic (exact) mass is 316 g/mol. The van der Waals surface area contributed by atoms with Crippen molar-refractivity contribution >= 4 is 18.0 Å². The van der Waals surface area contributed by atoms with E-state index in [1.807, 2.05) is 0 Å². The minimum Gasteiger partial charge on any atom is -0.435 e. The molecule has 1 aliphatic heterocycles. The summed E-state index contributed by atoms with van der Waals surface area (Å²) >= 11 is 0. The molecule has 5 nitrogen and oxygen atoms in total. The topological polar surface area (TPSA) is 59.0 Å². The number of benzene rings is 2. The first-order valence-corrected chi connectivity index (χ1v) is 6.63. The average molecular weight is 316 g/mol. The van der Waals surface area contributed by atoms with Gasteiger partial charge in [-0.15, -0.1) is 0 Å². The number of nitrogens with zero attached hydrogens (tertiary/aromatic N) is 2. The Morgan fingerprint density at radius 3 is 2.04 bits per heavy atom. The van der Waals surface area contributed by atoms with Gasteiger partial charge in [0.15, 0.2) is 0 Å². The van der Waals surface area contributed by atoms with Crippen LogP contribution >= 0.6 is 0 Å². The zero-order valence-corrected chi connectivity index (χ0v) is 11.6. The Labute approximate surface area is 129 Å². The Bertz CT molecular complexity index is 753. The number of carbonyl (C=O) groups is 2. The van der Waals surface area contributed by atoms with Crippen molar-refractivity contribution in [3.05, 3.63) is 65.2 Å². The smallest absolute Gasteiger partial charge is 0.387 e. The van der Waals surface area contributed by atoms with Gasteiger partial charge in [-0.25, -0.2) is 0 Å².